The summed E-state index contributed by atoms with van der Waals surface area (Å²) in [5, 5.41) is 18.0. The Morgan fingerprint density at radius 3 is 2.44 bits per heavy atom. The van der Waals surface area contributed by atoms with E-state index >= 15 is 0 Å². The number of hydrogen-bond donors (Lipinski definition) is 5. The highest BCUT2D eigenvalue weighted by atomic mass is 16.4. The van der Waals surface area contributed by atoms with Crippen LogP contribution in [0.5, 0.6) is 0 Å². The van der Waals surface area contributed by atoms with E-state index in [-0.39, 0.29) is 11.9 Å². The summed E-state index contributed by atoms with van der Waals surface area (Å²) in [6.07, 6.45) is 10.7. The Morgan fingerprint density at radius 1 is 0.971 bits per heavy atom. The van der Waals surface area contributed by atoms with Gasteiger partial charge in [0.05, 0.1) is 6.04 Å². The van der Waals surface area contributed by atoms with E-state index < -0.39 is 24.1 Å². The molecular weight excluding hydrogens is 432 g/mol. The summed E-state index contributed by atoms with van der Waals surface area (Å²) >= 11 is 0. The van der Waals surface area contributed by atoms with E-state index in [1.54, 1.807) is 0 Å². The van der Waals surface area contributed by atoms with Crippen molar-refractivity contribution >= 4 is 17.9 Å². The normalized spacial score (nSPS) is 20.0. The van der Waals surface area contributed by atoms with Crippen molar-refractivity contribution in [1.82, 2.24) is 16.0 Å². The first kappa shape index (κ1) is 26.0. The molecule has 3 amide bonds. The molecule has 2 aliphatic carbocycles. The predicted octanol–water partition coefficient (Wildman–Crippen LogP) is 3.40. The molecule has 188 valence electrons. The third-order valence-corrected chi connectivity index (χ3v) is 7.15. The maximum Gasteiger partial charge on any atom is 0.326 e. The molecule has 0 aliphatic heterocycles. The highest BCUT2D eigenvalue weighted by Crippen LogP contribution is 2.31. The topological polar surface area (TPSA) is 134 Å². The third-order valence-electron chi connectivity index (χ3n) is 7.15. The quantitative estimate of drug-likeness (QED) is 0.315. The summed E-state index contributed by atoms with van der Waals surface area (Å²) in [4.78, 5) is 37.7. The number of aryl methyl sites for hydroxylation is 1. The van der Waals surface area contributed by atoms with Gasteiger partial charge >= 0.3 is 12.0 Å². The van der Waals surface area contributed by atoms with Crippen LogP contribution in [-0.4, -0.2) is 41.6 Å². The minimum atomic E-state index is -1.08. The van der Waals surface area contributed by atoms with Crippen molar-refractivity contribution in [2.75, 3.05) is 6.54 Å². The molecule has 8 nitrogen and oxygen atoms in total. The van der Waals surface area contributed by atoms with E-state index in [9.17, 15) is 19.5 Å². The Bertz CT molecular complexity index is 825. The van der Waals surface area contributed by atoms with Crippen LogP contribution in [0.25, 0.3) is 0 Å². The SMILES string of the molecule is NCCCC[C@H](NC(=O)N[C@H](CC1CCCCC1)C(=O)NC1CCCc2ccccc21)C(=O)O. The van der Waals surface area contributed by atoms with Crippen molar-refractivity contribution in [3.05, 3.63) is 35.4 Å². The first-order valence-electron chi connectivity index (χ1n) is 12.9. The van der Waals surface area contributed by atoms with Crippen molar-refractivity contribution in [3.63, 3.8) is 0 Å². The van der Waals surface area contributed by atoms with Gasteiger partial charge in [0, 0.05) is 0 Å². The maximum atomic E-state index is 13.4. The Morgan fingerprint density at radius 2 is 1.71 bits per heavy atom. The van der Waals surface area contributed by atoms with E-state index in [0.717, 1.165) is 50.5 Å². The molecule has 1 aromatic rings. The number of nitrogens with one attached hydrogen (secondary N) is 3. The van der Waals surface area contributed by atoms with Crippen LogP contribution in [0.1, 0.15) is 87.8 Å². The van der Waals surface area contributed by atoms with Crippen LogP contribution in [0.4, 0.5) is 4.79 Å². The number of carboxylic acid groups (broad SMARTS) is 1. The van der Waals surface area contributed by atoms with E-state index in [0.29, 0.717) is 38.1 Å². The second kappa shape index (κ2) is 13.3. The molecule has 1 fully saturated rings. The summed E-state index contributed by atoms with van der Waals surface area (Å²) in [5.41, 5.74) is 7.90. The zero-order valence-corrected chi connectivity index (χ0v) is 20.1. The average molecular weight is 473 g/mol. The van der Waals surface area contributed by atoms with Crippen LogP contribution in [0.2, 0.25) is 0 Å². The van der Waals surface area contributed by atoms with E-state index in [2.05, 4.69) is 28.1 Å². The van der Waals surface area contributed by atoms with Gasteiger partial charge in [0.15, 0.2) is 0 Å². The summed E-state index contributed by atoms with van der Waals surface area (Å²) in [7, 11) is 0. The number of hydrogen-bond acceptors (Lipinski definition) is 4. The first-order valence-corrected chi connectivity index (χ1v) is 12.9. The lowest BCUT2D eigenvalue weighted by atomic mass is 9.84. The second-order valence-corrected chi connectivity index (χ2v) is 9.74. The summed E-state index contributed by atoms with van der Waals surface area (Å²) in [6, 6.07) is 5.80. The van der Waals surface area contributed by atoms with Gasteiger partial charge in [-0.15, -0.1) is 0 Å². The monoisotopic (exact) mass is 472 g/mol. The maximum absolute atomic E-state index is 13.4. The molecule has 1 saturated carbocycles. The van der Waals surface area contributed by atoms with Crippen LogP contribution in [0, 0.1) is 5.92 Å². The molecular formula is C26H40N4O4. The summed E-state index contributed by atoms with van der Waals surface area (Å²) in [5.74, 6) is -0.903. The van der Waals surface area contributed by atoms with Crippen molar-refractivity contribution in [3.8, 4) is 0 Å². The van der Waals surface area contributed by atoms with Gasteiger partial charge in [-0.1, -0.05) is 56.4 Å². The molecule has 34 heavy (non-hydrogen) atoms. The van der Waals surface area contributed by atoms with Gasteiger partial charge in [0.1, 0.15) is 12.1 Å². The van der Waals surface area contributed by atoms with Crippen LogP contribution < -0.4 is 21.7 Å². The van der Waals surface area contributed by atoms with Gasteiger partial charge in [-0.2, -0.15) is 0 Å². The predicted molar refractivity (Wildman–Crippen MR) is 131 cm³/mol. The van der Waals surface area contributed by atoms with Crippen LogP contribution in [0.15, 0.2) is 24.3 Å². The molecule has 8 heteroatoms. The van der Waals surface area contributed by atoms with Gasteiger partial charge in [-0.05, 0) is 68.5 Å². The van der Waals surface area contributed by atoms with Crippen LogP contribution in [0.3, 0.4) is 0 Å². The molecule has 0 aromatic heterocycles. The average Bonchev–Trinajstić information content (AvgIpc) is 2.84. The van der Waals surface area contributed by atoms with E-state index in [1.165, 1.54) is 12.0 Å². The number of fused-ring (bicyclic) bond motifs is 1. The lowest BCUT2D eigenvalue weighted by Gasteiger charge is -2.30. The van der Waals surface area contributed by atoms with E-state index in [1.807, 2.05) is 12.1 Å². The lowest BCUT2D eigenvalue weighted by molar-refractivity contribution is -0.139. The third kappa shape index (κ3) is 7.72. The molecule has 0 heterocycles. The fourth-order valence-corrected chi connectivity index (χ4v) is 5.27. The number of unbranched alkanes of at least 4 members (excludes halogenated alkanes) is 1. The van der Waals surface area contributed by atoms with Gasteiger partial charge in [0.25, 0.3) is 0 Å². The summed E-state index contributed by atoms with van der Waals surface area (Å²) in [6.45, 7) is 0.479. The van der Waals surface area contributed by atoms with Gasteiger partial charge in [-0.25, -0.2) is 9.59 Å². The Balaban J connectivity index is 1.66. The number of carbonyl (C=O) groups is 3. The molecule has 6 N–H and O–H groups in total. The molecule has 0 saturated heterocycles. The minimum Gasteiger partial charge on any atom is -0.480 e. The molecule has 1 aromatic carbocycles. The van der Waals surface area contributed by atoms with Crippen molar-refractivity contribution in [2.45, 2.75) is 95.2 Å². The van der Waals surface area contributed by atoms with Gasteiger partial charge in [0.2, 0.25) is 5.91 Å². The first-order chi connectivity index (χ1) is 16.5. The van der Waals surface area contributed by atoms with Crippen molar-refractivity contribution in [2.24, 2.45) is 11.7 Å². The van der Waals surface area contributed by atoms with Gasteiger partial charge in [-0.3, -0.25) is 4.79 Å². The number of nitrogens with two attached hydrogens (primary N) is 1. The molecule has 3 atom stereocenters. The molecule has 0 radical (unpaired) electrons. The van der Waals surface area contributed by atoms with Crippen molar-refractivity contribution < 1.29 is 19.5 Å². The number of carbonyl (C=O) groups excluding carboxylic acids is 2. The highest BCUT2D eigenvalue weighted by molar-refractivity contribution is 5.89. The molecule has 1 unspecified atom stereocenters. The molecule has 0 spiro atoms. The number of benzene rings is 1. The molecule has 2 aliphatic rings. The Labute approximate surface area is 202 Å². The van der Waals surface area contributed by atoms with Crippen LogP contribution in [-0.2, 0) is 16.0 Å². The lowest BCUT2D eigenvalue weighted by Crippen LogP contribution is -2.54. The number of carboxylic acids is 1. The number of rotatable bonds is 11. The number of urea groups is 1. The zero-order valence-electron chi connectivity index (χ0n) is 20.1. The summed E-state index contributed by atoms with van der Waals surface area (Å²) < 4.78 is 0. The second-order valence-electron chi connectivity index (χ2n) is 9.74. The Kier molecular flexibility index (Phi) is 10.2. The number of amides is 3. The van der Waals surface area contributed by atoms with Crippen LogP contribution >= 0.6 is 0 Å². The molecule has 0 bridgehead atoms. The van der Waals surface area contributed by atoms with E-state index in [4.69, 9.17) is 5.73 Å². The standard InChI is InChI=1S/C26H40N4O4/c27-16-7-6-14-22(25(32)33)29-26(34)30-23(17-18-9-2-1-3-10-18)24(31)28-21-15-8-12-19-11-4-5-13-20(19)21/h4-5,11,13,18,21-23H,1-3,6-10,12,14-17,27H2,(H,28,31)(H,32,33)(H2,29,30,34)/t21?,22-,23+/m0/s1. The number of aliphatic carboxylic acids is 1. The minimum absolute atomic E-state index is 0.0702. The highest BCUT2D eigenvalue weighted by Gasteiger charge is 2.30. The van der Waals surface area contributed by atoms with Crippen molar-refractivity contribution in [1.29, 1.82) is 0 Å². The molecule has 3 rings (SSSR count). The fourth-order valence-electron chi connectivity index (χ4n) is 5.27. The smallest absolute Gasteiger partial charge is 0.326 e. The van der Waals surface area contributed by atoms with Gasteiger partial charge < -0.3 is 26.8 Å². The fraction of sp³-hybridized carbons (Fsp3) is 0.654. The largest absolute Gasteiger partial charge is 0.480 e. The zero-order chi connectivity index (χ0) is 24.3. The Hall–Kier alpha value is -2.61.